The van der Waals surface area contributed by atoms with Gasteiger partial charge in [0.15, 0.2) is 0 Å². The number of carbonyl (C=O) groups excluding carboxylic acids is 2. The van der Waals surface area contributed by atoms with Gasteiger partial charge in [-0.05, 0) is 37.8 Å². The van der Waals surface area contributed by atoms with Crippen LogP contribution in [0.4, 0.5) is 0 Å². The molecule has 100 valence electrons. The number of allylic oxidation sites excluding steroid dienone is 2. The summed E-state index contributed by atoms with van der Waals surface area (Å²) in [5.41, 5.74) is 6.50. The lowest BCUT2D eigenvalue weighted by molar-refractivity contribution is -0.122. The van der Waals surface area contributed by atoms with E-state index in [1.54, 1.807) is 12.1 Å². The molecule has 0 aromatic heterocycles. The van der Waals surface area contributed by atoms with Crippen LogP contribution in [0.25, 0.3) is 0 Å². The van der Waals surface area contributed by atoms with Gasteiger partial charge in [0.25, 0.3) is 5.91 Å². The molecule has 2 N–H and O–H groups in total. The van der Waals surface area contributed by atoms with Crippen LogP contribution in [0.3, 0.4) is 0 Å². The van der Waals surface area contributed by atoms with E-state index in [-0.39, 0.29) is 11.8 Å². The molecule has 1 aromatic rings. The summed E-state index contributed by atoms with van der Waals surface area (Å²) in [5.74, 6) is -0.149. The van der Waals surface area contributed by atoms with Crippen LogP contribution in [0.1, 0.15) is 35.2 Å². The highest BCUT2D eigenvalue weighted by Crippen LogP contribution is 2.19. The van der Waals surface area contributed by atoms with Gasteiger partial charge in [0.2, 0.25) is 5.91 Å². The van der Waals surface area contributed by atoms with Gasteiger partial charge in [-0.2, -0.15) is 0 Å². The molecule has 4 heteroatoms. The predicted molar refractivity (Wildman–Crippen MR) is 73.3 cm³/mol. The van der Waals surface area contributed by atoms with Crippen LogP contribution in [0.2, 0.25) is 0 Å². The van der Waals surface area contributed by atoms with Gasteiger partial charge in [0.05, 0.1) is 0 Å². The predicted octanol–water partition coefficient (Wildman–Crippen LogP) is 2.11. The Bertz CT molecular complexity index is 491. The number of amides is 2. The van der Waals surface area contributed by atoms with E-state index < -0.39 is 0 Å². The van der Waals surface area contributed by atoms with E-state index in [1.807, 2.05) is 19.1 Å². The summed E-state index contributed by atoms with van der Waals surface area (Å²) in [4.78, 5) is 23.4. The molecule has 4 nitrogen and oxygen atoms in total. The highest BCUT2D eigenvalue weighted by atomic mass is 16.2. The Hall–Kier alpha value is -2.10. The molecule has 0 saturated heterocycles. The third-order valence-corrected chi connectivity index (χ3v) is 3.19. The Morgan fingerprint density at radius 2 is 1.95 bits per heavy atom. The lowest BCUT2D eigenvalue weighted by Crippen LogP contribution is -2.42. The zero-order chi connectivity index (χ0) is 13.7. The summed E-state index contributed by atoms with van der Waals surface area (Å²) < 4.78 is 0. The number of nitrogens with one attached hydrogen (secondary N) is 2. The molecule has 0 spiro atoms. The van der Waals surface area contributed by atoms with Gasteiger partial charge in [0, 0.05) is 12.0 Å². The van der Waals surface area contributed by atoms with Gasteiger partial charge in [0.1, 0.15) is 0 Å². The van der Waals surface area contributed by atoms with Crippen LogP contribution in [0.5, 0.6) is 0 Å². The molecule has 0 fully saturated rings. The van der Waals surface area contributed by atoms with Gasteiger partial charge < -0.3 is 0 Å². The number of hydrogen-bond acceptors (Lipinski definition) is 2. The van der Waals surface area contributed by atoms with Crippen molar-refractivity contribution < 1.29 is 9.59 Å². The number of rotatable bonds is 3. The SMILES string of the molecule is Cc1ccc(C(=O)NNC(=O)C[C@H]2C=CCC2)cc1. The van der Waals surface area contributed by atoms with Crippen molar-refractivity contribution in [3.05, 3.63) is 47.5 Å². The second kappa shape index (κ2) is 6.18. The van der Waals surface area contributed by atoms with Gasteiger partial charge in [-0.1, -0.05) is 29.8 Å². The smallest absolute Gasteiger partial charge is 0.269 e. The van der Waals surface area contributed by atoms with Crippen LogP contribution < -0.4 is 10.9 Å². The van der Waals surface area contributed by atoms with Crippen molar-refractivity contribution in [1.82, 2.24) is 10.9 Å². The average Bonchev–Trinajstić information content (AvgIpc) is 2.89. The fraction of sp³-hybridized carbons (Fsp3) is 0.333. The molecule has 0 radical (unpaired) electrons. The zero-order valence-corrected chi connectivity index (χ0v) is 11.0. The van der Waals surface area contributed by atoms with Crippen molar-refractivity contribution in [3.8, 4) is 0 Å². The monoisotopic (exact) mass is 258 g/mol. The van der Waals surface area contributed by atoms with Gasteiger partial charge in [-0.3, -0.25) is 20.4 Å². The number of hydrazine groups is 1. The van der Waals surface area contributed by atoms with Crippen molar-refractivity contribution in [2.24, 2.45) is 5.92 Å². The van der Waals surface area contributed by atoms with Crippen LogP contribution in [-0.4, -0.2) is 11.8 Å². The third kappa shape index (κ3) is 3.95. The summed E-state index contributed by atoms with van der Waals surface area (Å²) in [6.45, 7) is 1.96. The van der Waals surface area contributed by atoms with Gasteiger partial charge >= 0.3 is 0 Å². The second-order valence-electron chi connectivity index (χ2n) is 4.84. The fourth-order valence-electron chi connectivity index (χ4n) is 2.06. The molecular formula is C15H18N2O2. The van der Waals surface area contributed by atoms with E-state index in [4.69, 9.17) is 0 Å². The first-order valence-corrected chi connectivity index (χ1v) is 6.47. The topological polar surface area (TPSA) is 58.2 Å². The number of carbonyl (C=O) groups is 2. The Morgan fingerprint density at radius 3 is 2.58 bits per heavy atom. The van der Waals surface area contributed by atoms with Crippen molar-refractivity contribution in [2.75, 3.05) is 0 Å². The lowest BCUT2D eigenvalue weighted by Gasteiger charge is -2.10. The Kier molecular flexibility index (Phi) is 4.34. The van der Waals surface area contributed by atoms with Crippen LogP contribution in [0, 0.1) is 12.8 Å². The Morgan fingerprint density at radius 1 is 1.21 bits per heavy atom. The van der Waals surface area contributed by atoms with E-state index in [0.717, 1.165) is 18.4 Å². The van der Waals surface area contributed by atoms with E-state index in [0.29, 0.717) is 17.9 Å². The molecule has 0 heterocycles. The highest BCUT2D eigenvalue weighted by Gasteiger charge is 2.14. The van der Waals surface area contributed by atoms with Gasteiger partial charge in [-0.25, -0.2) is 0 Å². The first kappa shape index (κ1) is 13.3. The first-order chi connectivity index (χ1) is 9.15. The molecule has 0 aliphatic heterocycles. The molecule has 1 aromatic carbocycles. The summed E-state index contributed by atoms with van der Waals surface area (Å²) in [7, 11) is 0. The molecule has 2 rings (SSSR count). The molecule has 2 amide bonds. The van der Waals surface area contributed by atoms with Crippen LogP contribution in [0.15, 0.2) is 36.4 Å². The van der Waals surface area contributed by atoms with Crippen molar-refractivity contribution in [2.45, 2.75) is 26.2 Å². The van der Waals surface area contributed by atoms with Gasteiger partial charge in [-0.15, -0.1) is 0 Å². The number of hydrogen-bond donors (Lipinski definition) is 2. The zero-order valence-electron chi connectivity index (χ0n) is 11.0. The molecule has 0 bridgehead atoms. The molecular weight excluding hydrogens is 240 g/mol. The molecule has 0 saturated carbocycles. The lowest BCUT2D eigenvalue weighted by atomic mass is 10.1. The van der Waals surface area contributed by atoms with Crippen molar-refractivity contribution in [1.29, 1.82) is 0 Å². The van der Waals surface area contributed by atoms with Crippen molar-refractivity contribution >= 4 is 11.8 Å². The quantitative estimate of drug-likeness (QED) is 0.644. The van der Waals surface area contributed by atoms with Crippen LogP contribution in [-0.2, 0) is 4.79 Å². The molecule has 0 unspecified atom stereocenters. The minimum absolute atomic E-state index is 0.156. The first-order valence-electron chi connectivity index (χ1n) is 6.47. The molecule has 1 atom stereocenters. The van der Waals surface area contributed by atoms with Crippen LogP contribution >= 0.6 is 0 Å². The number of aryl methyl sites for hydroxylation is 1. The highest BCUT2D eigenvalue weighted by molar-refractivity contribution is 5.95. The standard InChI is InChI=1S/C15H18N2O2/c1-11-6-8-13(9-7-11)15(19)17-16-14(18)10-12-4-2-3-5-12/h2,4,6-9,12H,3,5,10H2,1H3,(H,16,18)(H,17,19)/t12-/m0/s1. The van der Waals surface area contributed by atoms with Crippen molar-refractivity contribution in [3.63, 3.8) is 0 Å². The summed E-state index contributed by atoms with van der Waals surface area (Å²) in [5, 5.41) is 0. The van der Waals surface area contributed by atoms with E-state index in [1.165, 1.54) is 0 Å². The molecule has 19 heavy (non-hydrogen) atoms. The average molecular weight is 258 g/mol. The summed E-state index contributed by atoms with van der Waals surface area (Å²) >= 11 is 0. The fourth-order valence-corrected chi connectivity index (χ4v) is 2.06. The minimum atomic E-state index is -0.296. The Labute approximate surface area is 112 Å². The second-order valence-corrected chi connectivity index (χ2v) is 4.84. The largest absolute Gasteiger partial charge is 0.273 e. The van der Waals surface area contributed by atoms with E-state index >= 15 is 0 Å². The maximum Gasteiger partial charge on any atom is 0.269 e. The Balaban J connectivity index is 1.78. The van der Waals surface area contributed by atoms with E-state index in [9.17, 15) is 9.59 Å². The summed E-state index contributed by atoms with van der Waals surface area (Å²) in [6, 6.07) is 7.19. The normalized spacial score (nSPS) is 17.2. The maximum atomic E-state index is 11.8. The maximum absolute atomic E-state index is 11.8. The van der Waals surface area contributed by atoms with E-state index in [2.05, 4.69) is 23.0 Å². The molecule has 1 aliphatic rings. The number of benzene rings is 1. The third-order valence-electron chi connectivity index (χ3n) is 3.19. The minimum Gasteiger partial charge on any atom is -0.273 e. The summed E-state index contributed by atoms with van der Waals surface area (Å²) in [6.07, 6.45) is 6.61. The molecule has 1 aliphatic carbocycles.